The normalized spacial score (nSPS) is 12.9. The highest BCUT2D eigenvalue weighted by Gasteiger charge is 2.31. The maximum Gasteiger partial charge on any atom is 0.269 e. The largest absolute Gasteiger partial charge is 0.458 e. The highest BCUT2D eigenvalue weighted by atomic mass is 16.5. The van der Waals surface area contributed by atoms with Crippen LogP contribution in [-0.4, -0.2) is 14.1 Å². The molecule has 0 unspecified atom stereocenters. The van der Waals surface area contributed by atoms with Gasteiger partial charge in [-0.1, -0.05) is 181 Å². The second kappa shape index (κ2) is 16.6. The van der Waals surface area contributed by atoms with E-state index in [0.717, 1.165) is 45.4 Å². The van der Waals surface area contributed by atoms with Gasteiger partial charge < -0.3 is 4.74 Å². The summed E-state index contributed by atoms with van der Waals surface area (Å²) in [6, 6.07) is 54.7. The number of imidazole rings is 1. The highest BCUT2D eigenvalue weighted by molar-refractivity contribution is 6.11. The number of pyridine rings is 1. The van der Waals surface area contributed by atoms with Crippen molar-refractivity contribution in [3.8, 4) is 28.7 Å². The van der Waals surface area contributed by atoms with Crippen LogP contribution in [0.4, 0.5) is 0 Å². The predicted molar refractivity (Wildman–Crippen MR) is 278 cm³/mol. The SMILES string of the molecule is CC(C)(C)c1cc(Oc2cc(C(C)(C)C)c3c4ccccc4n(-c4cc(C(C)(C)C)ccn4)c3c2)cc(-n2[c-][n+](-c3cccc(C(C)(C)c4ccccc4)c3)c(C(C)(C)c3ccccc3)c2)c1. The van der Waals surface area contributed by atoms with E-state index < -0.39 is 0 Å². The summed E-state index contributed by atoms with van der Waals surface area (Å²) in [6.45, 7) is 29.6. The van der Waals surface area contributed by atoms with Gasteiger partial charge in [-0.2, -0.15) is 0 Å². The zero-order valence-corrected chi connectivity index (χ0v) is 41.8. The van der Waals surface area contributed by atoms with E-state index in [0.29, 0.717) is 0 Å². The van der Waals surface area contributed by atoms with Crippen molar-refractivity contribution in [2.45, 2.75) is 117 Å². The van der Waals surface area contributed by atoms with Gasteiger partial charge in [0, 0.05) is 40.1 Å². The minimum Gasteiger partial charge on any atom is -0.458 e. The van der Waals surface area contributed by atoms with Gasteiger partial charge in [0.1, 0.15) is 17.3 Å². The van der Waals surface area contributed by atoms with E-state index in [9.17, 15) is 0 Å². The fraction of sp³-hybridized carbons (Fsp3) is 0.290. The van der Waals surface area contributed by atoms with E-state index >= 15 is 0 Å². The summed E-state index contributed by atoms with van der Waals surface area (Å²) in [7, 11) is 0. The Bertz CT molecular complexity index is 3250. The number of hydrogen-bond donors (Lipinski definition) is 0. The Labute approximate surface area is 398 Å². The Balaban J connectivity index is 1.22. The number of aromatic nitrogens is 4. The first-order chi connectivity index (χ1) is 31.6. The fourth-order valence-corrected chi connectivity index (χ4v) is 9.52. The molecule has 9 rings (SSSR count). The van der Waals surface area contributed by atoms with Crippen LogP contribution in [0.2, 0.25) is 0 Å². The summed E-state index contributed by atoms with van der Waals surface area (Å²) in [5.41, 5.74) is 11.7. The van der Waals surface area contributed by atoms with Gasteiger partial charge in [0.2, 0.25) is 0 Å². The summed E-state index contributed by atoms with van der Waals surface area (Å²) in [6.07, 6.45) is 8.06. The van der Waals surface area contributed by atoms with Crippen LogP contribution in [0.25, 0.3) is 39.0 Å². The third-order valence-corrected chi connectivity index (χ3v) is 13.8. The molecule has 5 nitrogen and oxygen atoms in total. The smallest absolute Gasteiger partial charge is 0.269 e. The Morgan fingerprint density at radius 3 is 1.76 bits per heavy atom. The molecule has 0 fully saturated rings. The molecule has 0 radical (unpaired) electrons. The summed E-state index contributed by atoms with van der Waals surface area (Å²) >= 11 is 0. The molecule has 3 aromatic heterocycles. The third kappa shape index (κ3) is 8.61. The van der Waals surface area contributed by atoms with Gasteiger partial charge >= 0.3 is 0 Å². The molecule has 0 spiro atoms. The van der Waals surface area contributed by atoms with Gasteiger partial charge in [0.05, 0.1) is 28.1 Å². The van der Waals surface area contributed by atoms with E-state index in [-0.39, 0.29) is 27.1 Å². The van der Waals surface area contributed by atoms with Gasteiger partial charge in [0.15, 0.2) is 0 Å². The standard InChI is InChI=1S/C62H66N4O/c1-58(2,3)44-31-32-63-56(36-44)66-53-30-21-20-29-51(53)57-52(60(7,8)9)38-50(39-54(57)66)67-49-35-46(59(4,5)6)34-48(37-49)64-40-55(62(12,13)43-25-18-15-19-26-43)65(41-64)47-28-22-27-45(33-47)61(10,11)42-23-16-14-17-24-42/h14-40H,1-13H3. The van der Waals surface area contributed by atoms with E-state index in [1.54, 1.807) is 0 Å². The Morgan fingerprint density at radius 2 is 1.10 bits per heavy atom. The molecular formula is C62H66N4O. The van der Waals surface area contributed by atoms with E-state index in [4.69, 9.17) is 9.72 Å². The molecule has 67 heavy (non-hydrogen) atoms. The molecular weight excluding hydrogens is 817 g/mol. The summed E-state index contributed by atoms with van der Waals surface area (Å²) in [5, 5.41) is 2.42. The molecule has 0 saturated heterocycles. The molecule has 340 valence electrons. The van der Waals surface area contributed by atoms with Crippen molar-refractivity contribution in [1.82, 2.24) is 14.1 Å². The lowest BCUT2D eigenvalue weighted by molar-refractivity contribution is -0.611. The number of fused-ring (bicyclic) bond motifs is 3. The first-order valence-electron chi connectivity index (χ1n) is 23.8. The fourth-order valence-electron chi connectivity index (χ4n) is 9.52. The molecule has 0 aliphatic rings. The molecule has 0 amide bonds. The van der Waals surface area contributed by atoms with Crippen molar-refractivity contribution in [2.24, 2.45) is 0 Å². The van der Waals surface area contributed by atoms with Crippen LogP contribution in [0.1, 0.15) is 129 Å². The average Bonchev–Trinajstić information content (AvgIpc) is 3.90. The number of nitrogens with zero attached hydrogens (tertiary/aromatic N) is 4. The molecule has 0 aliphatic heterocycles. The maximum absolute atomic E-state index is 7.17. The molecule has 6 aromatic carbocycles. The lowest BCUT2D eigenvalue weighted by atomic mass is 9.78. The van der Waals surface area contributed by atoms with Crippen LogP contribution < -0.4 is 9.30 Å². The number of hydrogen-bond acceptors (Lipinski definition) is 2. The van der Waals surface area contributed by atoms with Crippen LogP contribution in [0.5, 0.6) is 11.5 Å². The van der Waals surface area contributed by atoms with Crippen molar-refractivity contribution in [3.63, 3.8) is 0 Å². The van der Waals surface area contributed by atoms with Crippen molar-refractivity contribution in [2.75, 3.05) is 0 Å². The van der Waals surface area contributed by atoms with Crippen LogP contribution in [-0.2, 0) is 27.1 Å². The molecule has 5 heteroatoms. The van der Waals surface area contributed by atoms with E-state index in [2.05, 4.69) is 268 Å². The summed E-state index contributed by atoms with van der Waals surface area (Å²) in [5.74, 6) is 2.44. The van der Waals surface area contributed by atoms with E-state index in [1.807, 2.05) is 6.20 Å². The third-order valence-electron chi connectivity index (χ3n) is 13.8. The van der Waals surface area contributed by atoms with Gasteiger partial charge in [-0.05, 0) is 104 Å². The zero-order chi connectivity index (χ0) is 47.7. The molecule has 0 atom stereocenters. The molecule has 0 N–H and O–H groups in total. The molecule has 0 bridgehead atoms. The molecule has 0 saturated carbocycles. The zero-order valence-electron chi connectivity index (χ0n) is 41.8. The lowest BCUT2D eigenvalue weighted by Crippen LogP contribution is -2.40. The van der Waals surface area contributed by atoms with Crippen molar-refractivity contribution >= 4 is 21.8 Å². The van der Waals surface area contributed by atoms with Crippen LogP contribution in [0.3, 0.4) is 0 Å². The maximum atomic E-state index is 7.17. The van der Waals surface area contributed by atoms with Crippen molar-refractivity contribution in [3.05, 3.63) is 209 Å². The summed E-state index contributed by atoms with van der Waals surface area (Å²) in [4.78, 5) is 5.00. The van der Waals surface area contributed by atoms with Crippen LogP contribution in [0, 0.1) is 6.33 Å². The minimum absolute atomic E-state index is 0.0329. The second-order valence-corrected chi connectivity index (χ2v) is 22.5. The van der Waals surface area contributed by atoms with E-state index in [1.165, 1.54) is 44.2 Å². The van der Waals surface area contributed by atoms with Gasteiger partial charge in [-0.15, -0.1) is 0 Å². The van der Waals surface area contributed by atoms with Gasteiger partial charge in [-0.25, -0.2) is 4.98 Å². The van der Waals surface area contributed by atoms with Crippen molar-refractivity contribution in [1.29, 1.82) is 0 Å². The topological polar surface area (TPSA) is 35.9 Å². The highest BCUT2D eigenvalue weighted by Crippen LogP contribution is 2.43. The van der Waals surface area contributed by atoms with Gasteiger partial charge in [-0.3, -0.25) is 13.7 Å². The Kier molecular flexibility index (Phi) is 11.2. The number of rotatable bonds is 9. The van der Waals surface area contributed by atoms with Crippen LogP contribution in [0.15, 0.2) is 164 Å². The number of benzene rings is 6. The monoisotopic (exact) mass is 883 g/mol. The summed E-state index contributed by atoms with van der Waals surface area (Å²) < 4.78 is 13.9. The molecule has 3 heterocycles. The number of ether oxygens (including phenoxy) is 1. The molecule has 0 aliphatic carbocycles. The first-order valence-corrected chi connectivity index (χ1v) is 23.8. The minimum atomic E-state index is -0.368. The van der Waals surface area contributed by atoms with Gasteiger partial charge in [0.25, 0.3) is 6.33 Å². The predicted octanol–water partition coefficient (Wildman–Crippen LogP) is 15.4. The first kappa shape index (κ1) is 45.4. The lowest BCUT2D eigenvalue weighted by Gasteiger charge is -2.29. The average molecular weight is 883 g/mol. The molecule has 9 aromatic rings. The quantitative estimate of drug-likeness (QED) is 0.107. The number of para-hydroxylation sites is 1. The van der Waals surface area contributed by atoms with Crippen LogP contribution >= 0.6 is 0 Å². The van der Waals surface area contributed by atoms with Crippen molar-refractivity contribution < 1.29 is 9.30 Å². The second-order valence-electron chi connectivity index (χ2n) is 22.5. The Morgan fingerprint density at radius 1 is 0.493 bits per heavy atom. The Hall–Kier alpha value is -6.72.